The zero-order valence-corrected chi connectivity index (χ0v) is 47.3. The van der Waals surface area contributed by atoms with Gasteiger partial charge in [-0.05, 0) is 121 Å². The maximum absolute atomic E-state index is 6.56. The SMILES string of the molecule is C=C/C=C(C=C)/C=C/C=C(\C=C)N(/C=C/C=C(C=C)/C=C/CCC=C)C1=CC=C(N2C(=C/C)/C(=C\Cc3ccc(-c4cccc5c4OC4C=CC=CC54)cc3)C(/C=C/c3ccc(-c4cccc5ccccccoc45)cc3)C2C=C)CC1. The summed E-state index contributed by atoms with van der Waals surface area (Å²) in [6.45, 7) is 26.7. The number of fused-ring (bicyclic) bond motifs is 4. The van der Waals surface area contributed by atoms with Gasteiger partial charge in [-0.3, -0.25) is 0 Å². The highest BCUT2D eigenvalue weighted by atomic mass is 16.5. The van der Waals surface area contributed by atoms with E-state index in [0.29, 0.717) is 0 Å². The molecule has 4 aliphatic rings. The molecule has 0 spiro atoms. The fourth-order valence-corrected chi connectivity index (χ4v) is 11.1. The van der Waals surface area contributed by atoms with Crippen LogP contribution in [0.5, 0.6) is 5.75 Å². The van der Waals surface area contributed by atoms with Crippen molar-refractivity contribution in [3.63, 3.8) is 0 Å². The second kappa shape index (κ2) is 28.5. The van der Waals surface area contributed by atoms with Gasteiger partial charge in [0.15, 0.2) is 0 Å². The molecule has 0 radical (unpaired) electrons. The molecule has 0 saturated carbocycles. The number of benzene rings is 4. The van der Waals surface area contributed by atoms with Crippen LogP contribution in [-0.4, -0.2) is 21.9 Å². The molecule has 2 aliphatic carbocycles. The first kappa shape index (κ1) is 57.1. The minimum atomic E-state index is -0.0414. The molecule has 5 aromatic rings. The Balaban J connectivity index is 1.06. The minimum absolute atomic E-state index is 0.0109. The maximum Gasteiger partial charge on any atom is 0.141 e. The molecule has 1 fully saturated rings. The fraction of sp³-hybridized carbons (Fsp3) is 0.128. The molecule has 0 bridgehead atoms. The first-order chi connectivity index (χ1) is 40.4. The Morgan fingerprint density at radius 3 is 2.22 bits per heavy atom. The van der Waals surface area contributed by atoms with Crippen LogP contribution in [0, 0.1) is 5.92 Å². The van der Waals surface area contributed by atoms with Crippen molar-refractivity contribution in [1.29, 1.82) is 0 Å². The summed E-state index contributed by atoms with van der Waals surface area (Å²) in [5.41, 5.74) is 16.6. The predicted octanol–water partition coefficient (Wildman–Crippen LogP) is 20.4. The first-order valence-corrected chi connectivity index (χ1v) is 28.4. The van der Waals surface area contributed by atoms with Crippen LogP contribution in [0.3, 0.4) is 0 Å². The van der Waals surface area contributed by atoms with Crippen LogP contribution < -0.4 is 4.74 Å². The lowest BCUT2D eigenvalue weighted by Gasteiger charge is -2.33. The minimum Gasteiger partial charge on any atom is -0.484 e. The third-order valence-corrected chi connectivity index (χ3v) is 15.2. The van der Waals surface area contributed by atoms with Crippen LogP contribution in [0.15, 0.2) is 351 Å². The smallest absolute Gasteiger partial charge is 0.141 e. The summed E-state index contributed by atoms with van der Waals surface area (Å²) >= 11 is 0. The standard InChI is InChI=1S/C78H74N2O2/c1-8-15-16-19-29-59(11-4)31-27-56-79(65(12-5)34-24-30-58(10-3)28-9-2)66-50-52-67(53-51-66)80-74(13-6)70(54-44-60-40-46-62(47-41-60)68-36-25-33-64-32-20-17-18-23-57-81-77(64)68)71(75(80)14-7)55-45-61-42-48-63(49-43-61)69-37-26-38-73-72-35-21-22-39-76(72)82-78(69)73/h8-14,17-44,46-50,52,54-57,70,72,74,76H,1-6,15-16,45,51,53H2,7H3/b18-17?,29-19+,30-24+,32-20?,54-44+,56-27+,57-23?,58-28+,59-31+,65-34+,71-55-,75-14+. The van der Waals surface area contributed by atoms with Crippen molar-refractivity contribution in [1.82, 2.24) is 9.80 Å². The molecule has 3 heterocycles. The van der Waals surface area contributed by atoms with Gasteiger partial charge in [0.25, 0.3) is 0 Å². The second-order valence-electron chi connectivity index (χ2n) is 20.3. The molecule has 4 aromatic carbocycles. The number of unbranched alkanes of at least 4 members (excludes halogenated alkanes) is 1. The molecular weight excluding hydrogens is 997 g/mol. The predicted molar refractivity (Wildman–Crippen MR) is 350 cm³/mol. The quantitative estimate of drug-likeness (QED) is 0.0392. The Morgan fingerprint density at radius 2 is 1.46 bits per heavy atom. The summed E-state index contributed by atoms with van der Waals surface area (Å²) in [6.07, 6.45) is 58.5. The maximum atomic E-state index is 6.56. The van der Waals surface area contributed by atoms with Crippen molar-refractivity contribution in [2.45, 2.75) is 57.1 Å². The molecule has 4 heteroatoms. The topological polar surface area (TPSA) is 28.9 Å². The highest BCUT2D eigenvalue weighted by Crippen LogP contribution is 2.47. The monoisotopic (exact) mass is 1070 g/mol. The number of hydrogen-bond donors (Lipinski definition) is 0. The molecule has 0 N–H and O–H groups in total. The Hall–Kier alpha value is -9.64. The Kier molecular flexibility index (Phi) is 19.8. The van der Waals surface area contributed by atoms with Crippen molar-refractivity contribution in [3.8, 4) is 28.0 Å². The molecule has 4 nitrogen and oxygen atoms in total. The van der Waals surface area contributed by atoms with Crippen molar-refractivity contribution < 1.29 is 9.15 Å². The van der Waals surface area contributed by atoms with Gasteiger partial charge in [0.05, 0.1) is 12.3 Å². The Labute approximate surface area is 487 Å². The number of rotatable bonds is 22. The van der Waals surface area contributed by atoms with E-state index in [9.17, 15) is 0 Å². The molecule has 4 atom stereocenters. The normalized spacial score (nSPS) is 19.8. The van der Waals surface area contributed by atoms with E-state index < -0.39 is 0 Å². The second-order valence-corrected chi connectivity index (χ2v) is 20.3. The van der Waals surface area contributed by atoms with Gasteiger partial charge < -0.3 is 19.0 Å². The van der Waals surface area contributed by atoms with Gasteiger partial charge in [-0.25, -0.2) is 0 Å². The Bertz CT molecular complexity index is 3670. The number of nitrogens with zero attached hydrogens (tertiary/aromatic N) is 2. The van der Waals surface area contributed by atoms with Gasteiger partial charge in [-0.15, -0.1) is 13.2 Å². The van der Waals surface area contributed by atoms with Crippen LogP contribution >= 0.6 is 0 Å². The van der Waals surface area contributed by atoms with Crippen molar-refractivity contribution in [2.75, 3.05) is 0 Å². The highest BCUT2D eigenvalue weighted by Gasteiger charge is 2.40. The van der Waals surface area contributed by atoms with E-state index in [1.807, 2.05) is 66.8 Å². The summed E-state index contributed by atoms with van der Waals surface area (Å²) in [5, 5.41) is 1.03. The fourth-order valence-electron chi connectivity index (χ4n) is 11.1. The summed E-state index contributed by atoms with van der Waals surface area (Å²) in [5.74, 6) is 1.24. The molecule has 1 aromatic heterocycles. The largest absolute Gasteiger partial charge is 0.484 e. The lowest BCUT2D eigenvalue weighted by atomic mass is 9.90. The van der Waals surface area contributed by atoms with Crippen LogP contribution in [-0.2, 0) is 6.42 Å². The van der Waals surface area contributed by atoms with Crippen LogP contribution in [0.25, 0.3) is 39.3 Å². The Morgan fingerprint density at radius 1 is 0.707 bits per heavy atom. The van der Waals surface area contributed by atoms with E-state index in [-0.39, 0.29) is 24.0 Å². The summed E-state index contributed by atoms with van der Waals surface area (Å²) in [6, 6.07) is 40.6. The number of hydrogen-bond acceptors (Lipinski definition) is 4. The number of para-hydroxylation sites is 2. The molecule has 1 saturated heterocycles. The van der Waals surface area contributed by atoms with Gasteiger partial charge in [0.2, 0.25) is 0 Å². The van der Waals surface area contributed by atoms with Gasteiger partial charge in [-0.1, -0.05) is 245 Å². The number of ether oxygens (including phenoxy) is 1. The summed E-state index contributed by atoms with van der Waals surface area (Å²) in [7, 11) is 0. The average Bonchev–Trinajstić information content (AvgIpc) is 4.31. The number of allylic oxidation sites excluding steroid dienone is 24. The molecule has 82 heavy (non-hydrogen) atoms. The zero-order valence-electron chi connectivity index (χ0n) is 47.3. The zero-order chi connectivity index (χ0) is 57.0. The van der Waals surface area contributed by atoms with Crippen molar-refractivity contribution in [2.24, 2.45) is 5.92 Å². The van der Waals surface area contributed by atoms with E-state index in [4.69, 9.17) is 9.15 Å². The molecular formula is C78H74N2O2. The summed E-state index contributed by atoms with van der Waals surface area (Å²) in [4.78, 5) is 4.74. The van der Waals surface area contributed by atoms with Gasteiger partial charge >= 0.3 is 0 Å². The first-order valence-electron chi connectivity index (χ1n) is 28.4. The molecule has 2 aliphatic heterocycles. The van der Waals surface area contributed by atoms with Gasteiger partial charge in [-0.2, -0.15) is 0 Å². The highest BCUT2D eigenvalue weighted by molar-refractivity contribution is 5.91. The van der Waals surface area contributed by atoms with Gasteiger partial charge in [0.1, 0.15) is 17.4 Å². The third-order valence-electron chi connectivity index (χ3n) is 15.2. The molecule has 4 unspecified atom stereocenters. The van der Waals surface area contributed by atoms with Crippen molar-refractivity contribution in [3.05, 3.63) is 363 Å². The van der Waals surface area contributed by atoms with E-state index in [1.54, 1.807) is 12.3 Å². The van der Waals surface area contributed by atoms with Crippen molar-refractivity contribution >= 4 is 17.0 Å². The van der Waals surface area contributed by atoms with E-state index >= 15 is 0 Å². The lowest BCUT2D eigenvalue weighted by Crippen LogP contribution is -2.30. The average molecular weight is 1070 g/mol. The van der Waals surface area contributed by atoms with Crippen LogP contribution in [0.1, 0.15) is 55.2 Å². The number of likely N-dealkylation sites (tertiary alicyclic amines) is 1. The molecule has 9 rings (SSSR count). The van der Waals surface area contributed by atoms with E-state index in [1.165, 1.54) is 28.1 Å². The summed E-state index contributed by atoms with van der Waals surface area (Å²) < 4.78 is 12.8. The molecule has 408 valence electrons. The molecule has 0 amide bonds. The van der Waals surface area contributed by atoms with Crippen LogP contribution in [0.2, 0.25) is 0 Å². The lowest BCUT2D eigenvalue weighted by molar-refractivity contribution is 0.270. The third kappa shape index (κ3) is 13.5. The van der Waals surface area contributed by atoms with E-state index in [0.717, 1.165) is 99.2 Å². The van der Waals surface area contributed by atoms with Gasteiger partial charge in [0, 0.05) is 62.9 Å². The van der Waals surface area contributed by atoms with Crippen LogP contribution in [0.4, 0.5) is 0 Å². The van der Waals surface area contributed by atoms with E-state index in [2.05, 4.69) is 251 Å².